The summed E-state index contributed by atoms with van der Waals surface area (Å²) in [5.74, 6) is 0.992. The molecule has 1 unspecified atom stereocenters. The maximum atomic E-state index is 12.0. The molecular formula is C15H17NO3. The van der Waals surface area contributed by atoms with E-state index in [1.54, 1.807) is 4.90 Å². The molecule has 2 heterocycles. The van der Waals surface area contributed by atoms with Gasteiger partial charge in [-0.3, -0.25) is 4.79 Å². The number of para-hydroxylation sites is 1. The smallest absolute Gasteiger partial charge is 0.227 e. The first-order valence-electron chi connectivity index (χ1n) is 6.72. The first-order valence-corrected chi connectivity index (χ1v) is 6.72. The monoisotopic (exact) mass is 259 g/mol. The molecule has 1 saturated heterocycles. The Morgan fingerprint density at radius 3 is 2.89 bits per heavy atom. The highest BCUT2D eigenvalue weighted by Crippen LogP contribution is 2.39. The number of likely N-dealkylation sites (tertiary alicyclic amines) is 1. The van der Waals surface area contributed by atoms with Gasteiger partial charge in [-0.1, -0.05) is 19.1 Å². The van der Waals surface area contributed by atoms with Gasteiger partial charge in [-0.15, -0.1) is 0 Å². The van der Waals surface area contributed by atoms with E-state index in [0.29, 0.717) is 25.1 Å². The minimum absolute atomic E-state index is 0.0770. The van der Waals surface area contributed by atoms with Crippen LogP contribution in [-0.2, 0) is 4.79 Å². The summed E-state index contributed by atoms with van der Waals surface area (Å²) in [6, 6.07) is 7.56. The quantitative estimate of drug-likeness (QED) is 0.888. The molecule has 0 saturated carbocycles. The van der Waals surface area contributed by atoms with Crippen LogP contribution in [0.15, 0.2) is 30.0 Å². The topological polar surface area (TPSA) is 49.8 Å². The van der Waals surface area contributed by atoms with E-state index in [1.807, 2.05) is 31.2 Å². The van der Waals surface area contributed by atoms with Gasteiger partial charge in [0.2, 0.25) is 5.91 Å². The second kappa shape index (κ2) is 4.61. The molecule has 0 aromatic heterocycles. The van der Waals surface area contributed by atoms with E-state index in [9.17, 15) is 9.90 Å². The molecule has 3 rings (SSSR count). The van der Waals surface area contributed by atoms with Gasteiger partial charge in [0, 0.05) is 18.5 Å². The summed E-state index contributed by atoms with van der Waals surface area (Å²) in [6.07, 6.45) is 1.70. The molecule has 1 fully saturated rings. The van der Waals surface area contributed by atoms with Crippen molar-refractivity contribution in [2.75, 3.05) is 6.54 Å². The largest absolute Gasteiger partial charge is 0.506 e. The van der Waals surface area contributed by atoms with E-state index in [4.69, 9.17) is 4.74 Å². The van der Waals surface area contributed by atoms with E-state index < -0.39 is 0 Å². The molecule has 1 atom stereocenters. The van der Waals surface area contributed by atoms with E-state index >= 15 is 0 Å². The first-order chi connectivity index (χ1) is 9.22. The predicted molar refractivity (Wildman–Crippen MR) is 71.6 cm³/mol. The SMILES string of the molecule is CCC1Oc2ccccc2C(N2CCCC2=O)=C1O. The van der Waals surface area contributed by atoms with Crippen molar-refractivity contribution < 1.29 is 14.6 Å². The molecule has 0 bridgehead atoms. The van der Waals surface area contributed by atoms with Crippen LogP contribution in [0.3, 0.4) is 0 Å². The number of aliphatic hydroxyl groups excluding tert-OH is 1. The lowest BCUT2D eigenvalue weighted by atomic mass is 10.0. The molecule has 1 aromatic rings. The summed E-state index contributed by atoms with van der Waals surface area (Å²) in [5, 5.41) is 10.4. The lowest BCUT2D eigenvalue weighted by Gasteiger charge is -2.31. The minimum atomic E-state index is -0.363. The zero-order valence-electron chi connectivity index (χ0n) is 10.9. The Bertz CT molecular complexity index is 550. The lowest BCUT2D eigenvalue weighted by molar-refractivity contribution is -0.125. The molecule has 1 aromatic carbocycles. The molecule has 4 heteroatoms. The van der Waals surface area contributed by atoms with Crippen LogP contribution < -0.4 is 4.74 Å². The third-order valence-corrected chi connectivity index (χ3v) is 3.67. The van der Waals surface area contributed by atoms with Gasteiger partial charge in [-0.05, 0) is 25.0 Å². The van der Waals surface area contributed by atoms with Crippen LogP contribution in [0.4, 0.5) is 0 Å². The number of aliphatic hydroxyl groups is 1. The van der Waals surface area contributed by atoms with E-state index in [0.717, 1.165) is 17.7 Å². The molecule has 2 aliphatic rings. The van der Waals surface area contributed by atoms with Crippen molar-refractivity contribution in [3.05, 3.63) is 35.6 Å². The van der Waals surface area contributed by atoms with Crippen molar-refractivity contribution in [1.29, 1.82) is 0 Å². The van der Waals surface area contributed by atoms with Crippen LogP contribution in [-0.4, -0.2) is 28.6 Å². The maximum absolute atomic E-state index is 12.0. The highest BCUT2D eigenvalue weighted by atomic mass is 16.5. The van der Waals surface area contributed by atoms with Crippen molar-refractivity contribution >= 4 is 11.6 Å². The number of carbonyl (C=O) groups excluding carboxylic acids is 1. The lowest BCUT2D eigenvalue weighted by Crippen LogP contribution is -2.32. The Morgan fingerprint density at radius 2 is 2.21 bits per heavy atom. The van der Waals surface area contributed by atoms with Gasteiger partial charge in [-0.25, -0.2) is 0 Å². The Labute approximate surface area is 112 Å². The van der Waals surface area contributed by atoms with Crippen molar-refractivity contribution in [3.63, 3.8) is 0 Å². The molecule has 0 aliphatic carbocycles. The summed E-state index contributed by atoms with van der Waals surface area (Å²) in [6.45, 7) is 2.63. The Balaban J connectivity index is 2.13. The predicted octanol–water partition coefficient (Wildman–Crippen LogP) is 2.71. The summed E-state index contributed by atoms with van der Waals surface area (Å²) in [5.41, 5.74) is 1.44. The second-order valence-electron chi connectivity index (χ2n) is 4.89. The van der Waals surface area contributed by atoms with Gasteiger partial charge in [-0.2, -0.15) is 0 Å². The van der Waals surface area contributed by atoms with Crippen molar-refractivity contribution in [1.82, 2.24) is 4.90 Å². The molecular weight excluding hydrogens is 242 g/mol. The van der Waals surface area contributed by atoms with Crippen LogP contribution in [0.5, 0.6) is 5.75 Å². The second-order valence-corrected chi connectivity index (χ2v) is 4.89. The average Bonchev–Trinajstić information content (AvgIpc) is 2.84. The molecule has 1 amide bonds. The number of rotatable bonds is 2. The Hall–Kier alpha value is -1.97. The summed E-state index contributed by atoms with van der Waals surface area (Å²) >= 11 is 0. The fourth-order valence-corrected chi connectivity index (χ4v) is 2.71. The number of amides is 1. The van der Waals surface area contributed by atoms with Gasteiger partial charge in [0.1, 0.15) is 5.75 Å². The zero-order chi connectivity index (χ0) is 13.4. The zero-order valence-corrected chi connectivity index (χ0v) is 10.9. The molecule has 2 aliphatic heterocycles. The van der Waals surface area contributed by atoms with Gasteiger partial charge >= 0.3 is 0 Å². The standard InChI is InChI=1S/C15H17NO3/c1-2-11-15(18)14(16-9-5-8-13(16)17)10-6-3-4-7-12(10)19-11/h3-4,6-7,11,18H,2,5,8-9H2,1H3. The fraction of sp³-hybridized carbons (Fsp3) is 0.400. The third-order valence-electron chi connectivity index (χ3n) is 3.67. The number of hydrogen-bond donors (Lipinski definition) is 1. The number of nitrogens with zero attached hydrogens (tertiary/aromatic N) is 1. The Kier molecular flexibility index (Phi) is 2.93. The van der Waals surface area contributed by atoms with Crippen LogP contribution in [0.1, 0.15) is 31.7 Å². The summed E-state index contributed by atoms with van der Waals surface area (Å²) < 4.78 is 5.77. The van der Waals surface area contributed by atoms with Crippen LogP contribution >= 0.6 is 0 Å². The normalized spacial score (nSPS) is 22.5. The van der Waals surface area contributed by atoms with Crippen molar-refractivity contribution in [2.24, 2.45) is 0 Å². The third kappa shape index (κ3) is 1.87. The molecule has 0 spiro atoms. The highest BCUT2D eigenvalue weighted by molar-refractivity contribution is 5.90. The number of ether oxygens (including phenoxy) is 1. The van der Waals surface area contributed by atoms with Crippen molar-refractivity contribution in [2.45, 2.75) is 32.3 Å². The number of fused-ring (bicyclic) bond motifs is 1. The van der Waals surface area contributed by atoms with Crippen molar-refractivity contribution in [3.8, 4) is 5.75 Å². The van der Waals surface area contributed by atoms with Gasteiger partial charge in [0.15, 0.2) is 11.9 Å². The Morgan fingerprint density at radius 1 is 1.42 bits per heavy atom. The van der Waals surface area contributed by atoms with E-state index in [2.05, 4.69) is 0 Å². The molecule has 1 N–H and O–H groups in total. The number of benzene rings is 1. The van der Waals surface area contributed by atoms with Crippen LogP contribution in [0.25, 0.3) is 5.70 Å². The van der Waals surface area contributed by atoms with E-state index in [-0.39, 0.29) is 17.8 Å². The number of carbonyl (C=O) groups is 1. The van der Waals surface area contributed by atoms with Gasteiger partial charge in [0.25, 0.3) is 0 Å². The molecule has 4 nitrogen and oxygen atoms in total. The fourth-order valence-electron chi connectivity index (χ4n) is 2.71. The maximum Gasteiger partial charge on any atom is 0.227 e. The molecule has 0 radical (unpaired) electrons. The average molecular weight is 259 g/mol. The first kappa shape index (κ1) is 12.1. The summed E-state index contributed by atoms with van der Waals surface area (Å²) in [7, 11) is 0. The molecule has 100 valence electrons. The van der Waals surface area contributed by atoms with Crippen LogP contribution in [0.2, 0.25) is 0 Å². The van der Waals surface area contributed by atoms with Gasteiger partial charge in [0.05, 0.1) is 5.70 Å². The van der Waals surface area contributed by atoms with Crippen LogP contribution in [0, 0.1) is 0 Å². The van der Waals surface area contributed by atoms with E-state index in [1.165, 1.54) is 0 Å². The number of hydrogen-bond acceptors (Lipinski definition) is 3. The highest BCUT2D eigenvalue weighted by Gasteiger charge is 2.34. The molecule has 19 heavy (non-hydrogen) atoms. The summed E-state index contributed by atoms with van der Waals surface area (Å²) in [4.78, 5) is 13.7. The minimum Gasteiger partial charge on any atom is -0.506 e. The van der Waals surface area contributed by atoms with Gasteiger partial charge < -0.3 is 14.7 Å².